The standard InChI is InChI=1S/4C6H13O.Ti/c4*1-4-5-6(2,3)7;/h4*4-5H2,1-3H3;/q4*-1;+4. The fourth-order valence-corrected chi connectivity index (χ4v) is 2.41. The van der Waals surface area contributed by atoms with Crippen LogP contribution in [-0.4, -0.2) is 22.4 Å². The van der Waals surface area contributed by atoms with E-state index in [9.17, 15) is 20.4 Å². The molecule has 0 amide bonds. The van der Waals surface area contributed by atoms with E-state index in [-0.39, 0.29) is 21.7 Å². The number of hydrogen-bond acceptors (Lipinski definition) is 4. The van der Waals surface area contributed by atoms with Gasteiger partial charge in [-0.05, 0) is 0 Å². The van der Waals surface area contributed by atoms with E-state index in [1.807, 2.05) is 27.7 Å². The van der Waals surface area contributed by atoms with Gasteiger partial charge in [0.05, 0.1) is 0 Å². The zero-order chi connectivity index (χ0) is 23.7. The Morgan fingerprint density at radius 3 is 0.483 bits per heavy atom. The Labute approximate surface area is 198 Å². The predicted molar refractivity (Wildman–Crippen MR) is 116 cm³/mol. The Kier molecular flexibility index (Phi) is 28.2. The Hall–Kier alpha value is 0.554. The van der Waals surface area contributed by atoms with Crippen molar-refractivity contribution in [3.63, 3.8) is 0 Å². The molecule has 0 N–H and O–H groups in total. The quantitative estimate of drug-likeness (QED) is 0.525. The molecule has 176 valence electrons. The van der Waals surface area contributed by atoms with Crippen molar-refractivity contribution < 1.29 is 42.1 Å². The van der Waals surface area contributed by atoms with Crippen LogP contribution in [0.25, 0.3) is 0 Å². The smallest absolute Gasteiger partial charge is 0.850 e. The summed E-state index contributed by atoms with van der Waals surface area (Å²) in [5.41, 5.74) is -2.80. The van der Waals surface area contributed by atoms with E-state index >= 15 is 0 Å². The van der Waals surface area contributed by atoms with E-state index < -0.39 is 22.4 Å². The molecule has 0 aliphatic heterocycles. The van der Waals surface area contributed by atoms with Crippen molar-refractivity contribution in [1.82, 2.24) is 0 Å². The van der Waals surface area contributed by atoms with Gasteiger partial charge in [0.25, 0.3) is 0 Å². The minimum atomic E-state index is -0.700. The first-order valence-corrected chi connectivity index (χ1v) is 11.1. The molecule has 0 atom stereocenters. The summed E-state index contributed by atoms with van der Waals surface area (Å²) in [6.07, 6.45) is 7.12. The molecule has 0 aliphatic rings. The molecule has 0 aromatic rings. The van der Waals surface area contributed by atoms with Crippen molar-refractivity contribution in [2.45, 2.75) is 157 Å². The van der Waals surface area contributed by atoms with E-state index in [1.54, 1.807) is 55.4 Å². The maximum atomic E-state index is 10.7. The first-order valence-electron chi connectivity index (χ1n) is 11.1. The molecular weight excluding hydrogens is 400 g/mol. The first kappa shape index (κ1) is 40.0. The second-order valence-electron chi connectivity index (χ2n) is 10.0. The molecule has 0 bridgehead atoms. The largest absolute Gasteiger partial charge is 4.00 e. The molecule has 0 aliphatic carbocycles. The average Bonchev–Trinajstić information content (AvgIpc) is 2.34. The topological polar surface area (TPSA) is 92.2 Å². The van der Waals surface area contributed by atoms with Gasteiger partial charge in [-0.25, -0.2) is 0 Å². The molecule has 0 fully saturated rings. The van der Waals surface area contributed by atoms with Gasteiger partial charge in [-0.2, -0.15) is 0 Å². The Bertz CT molecular complexity index is 241. The average molecular weight is 453 g/mol. The van der Waals surface area contributed by atoms with E-state index in [0.29, 0.717) is 0 Å². The van der Waals surface area contributed by atoms with Crippen LogP contribution in [0, 0.1) is 0 Å². The Balaban J connectivity index is -0.0000000873. The molecule has 0 radical (unpaired) electrons. The summed E-state index contributed by atoms with van der Waals surface area (Å²) in [6, 6.07) is 0. The molecular formula is C24H52O4Ti. The molecule has 29 heavy (non-hydrogen) atoms. The van der Waals surface area contributed by atoms with Crippen LogP contribution in [0.1, 0.15) is 134 Å². The summed E-state index contributed by atoms with van der Waals surface area (Å²) in [6.45, 7) is 21.9. The van der Waals surface area contributed by atoms with E-state index in [0.717, 1.165) is 51.4 Å². The van der Waals surface area contributed by atoms with Crippen LogP contribution in [0.4, 0.5) is 0 Å². The minimum absolute atomic E-state index is 0. The zero-order valence-electron chi connectivity index (χ0n) is 21.8. The second-order valence-corrected chi connectivity index (χ2v) is 10.0. The third kappa shape index (κ3) is 73.5. The van der Waals surface area contributed by atoms with E-state index in [4.69, 9.17) is 0 Å². The van der Waals surface area contributed by atoms with E-state index in [2.05, 4.69) is 0 Å². The second kappa shape index (κ2) is 20.5. The molecule has 0 saturated carbocycles. The predicted octanol–water partition coefficient (Wildman–Crippen LogP) is 3.70. The first-order chi connectivity index (χ1) is 12.2. The third-order valence-electron chi connectivity index (χ3n) is 3.41. The molecule has 5 heteroatoms. The van der Waals surface area contributed by atoms with Gasteiger partial charge < -0.3 is 20.4 Å². The van der Waals surface area contributed by atoms with Gasteiger partial charge in [-0.3, -0.25) is 0 Å². The molecule has 0 aromatic carbocycles. The van der Waals surface area contributed by atoms with Gasteiger partial charge in [0.1, 0.15) is 0 Å². The molecule has 0 saturated heterocycles. The minimum Gasteiger partial charge on any atom is -0.850 e. The van der Waals surface area contributed by atoms with Gasteiger partial charge in [0.2, 0.25) is 0 Å². The van der Waals surface area contributed by atoms with E-state index in [1.165, 1.54) is 0 Å². The third-order valence-corrected chi connectivity index (χ3v) is 3.41. The van der Waals surface area contributed by atoms with Crippen LogP contribution >= 0.6 is 0 Å². The number of rotatable bonds is 8. The maximum absolute atomic E-state index is 10.7. The van der Waals surface area contributed by atoms with Crippen molar-refractivity contribution in [2.75, 3.05) is 0 Å². The van der Waals surface area contributed by atoms with Crippen LogP contribution in [0.2, 0.25) is 0 Å². The van der Waals surface area contributed by atoms with Crippen molar-refractivity contribution in [2.24, 2.45) is 0 Å². The Morgan fingerprint density at radius 2 is 0.483 bits per heavy atom. The summed E-state index contributed by atoms with van der Waals surface area (Å²) in [5, 5.41) is 42.8. The van der Waals surface area contributed by atoms with Gasteiger partial charge in [0.15, 0.2) is 0 Å². The zero-order valence-corrected chi connectivity index (χ0v) is 23.4. The molecule has 0 rings (SSSR count). The molecule has 0 spiro atoms. The fourth-order valence-electron chi connectivity index (χ4n) is 2.41. The molecule has 0 aromatic heterocycles. The SMILES string of the molecule is CCCC(C)(C)[O-].CCCC(C)(C)[O-].CCCC(C)(C)[O-].CCCC(C)(C)[O-].[Ti+4]. The fraction of sp³-hybridized carbons (Fsp3) is 1.00. The summed E-state index contributed by atoms with van der Waals surface area (Å²) in [7, 11) is 0. The molecule has 0 unspecified atom stereocenters. The van der Waals surface area contributed by atoms with Crippen molar-refractivity contribution in [1.29, 1.82) is 0 Å². The van der Waals surface area contributed by atoms with Gasteiger partial charge in [0, 0.05) is 0 Å². The molecule has 0 heterocycles. The Morgan fingerprint density at radius 1 is 0.379 bits per heavy atom. The summed E-state index contributed by atoms with van der Waals surface area (Å²) >= 11 is 0. The summed E-state index contributed by atoms with van der Waals surface area (Å²) in [4.78, 5) is 0. The van der Waals surface area contributed by atoms with Crippen molar-refractivity contribution in [3.8, 4) is 0 Å². The van der Waals surface area contributed by atoms with Crippen LogP contribution in [0.15, 0.2) is 0 Å². The van der Waals surface area contributed by atoms with Gasteiger partial charge >= 0.3 is 21.7 Å². The van der Waals surface area contributed by atoms with Crippen LogP contribution in [-0.2, 0) is 21.7 Å². The normalized spacial score (nSPS) is 11.6. The maximum Gasteiger partial charge on any atom is 4.00 e. The van der Waals surface area contributed by atoms with Crippen LogP contribution in [0.3, 0.4) is 0 Å². The molecule has 4 nitrogen and oxygen atoms in total. The van der Waals surface area contributed by atoms with Crippen molar-refractivity contribution in [3.05, 3.63) is 0 Å². The summed E-state index contributed by atoms with van der Waals surface area (Å²) in [5.74, 6) is 0. The van der Waals surface area contributed by atoms with Crippen LogP contribution in [0.5, 0.6) is 0 Å². The van der Waals surface area contributed by atoms with Gasteiger partial charge in [-0.15, -0.1) is 22.4 Å². The monoisotopic (exact) mass is 452 g/mol. The van der Waals surface area contributed by atoms with Crippen molar-refractivity contribution >= 4 is 0 Å². The number of hydrogen-bond donors (Lipinski definition) is 0. The van der Waals surface area contributed by atoms with Gasteiger partial charge in [-0.1, -0.05) is 134 Å². The van der Waals surface area contributed by atoms with Crippen LogP contribution < -0.4 is 20.4 Å². The summed E-state index contributed by atoms with van der Waals surface area (Å²) < 4.78 is 0.